The topological polar surface area (TPSA) is 58.1 Å². The SMILES string of the molecule is CCNC(=NCc1ccc(COCC)cc1)NCc1ccccc1CN1CCOCC1. The molecule has 1 fully saturated rings. The Kier molecular flexibility index (Phi) is 9.83. The van der Waals surface area contributed by atoms with Crippen LogP contribution in [0, 0.1) is 0 Å². The van der Waals surface area contributed by atoms with Crippen LogP contribution in [0.15, 0.2) is 53.5 Å². The average Bonchev–Trinajstić information content (AvgIpc) is 2.82. The standard InChI is InChI=1S/C25H36N4O2/c1-3-26-25(27-17-21-9-11-22(12-10-21)20-30-4-2)28-18-23-7-5-6-8-24(23)19-29-13-15-31-16-14-29/h5-12H,3-4,13-20H2,1-2H3,(H2,26,27,28). The minimum absolute atomic E-state index is 0.639. The van der Waals surface area contributed by atoms with Gasteiger partial charge in [-0.15, -0.1) is 0 Å². The van der Waals surface area contributed by atoms with E-state index in [1.54, 1.807) is 0 Å². The molecule has 0 atom stereocenters. The maximum Gasteiger partial charge on any atom is 0.191 e. The fourth-order valence-corrected chi connectivity index (χ4v) is 3.54. The summed E-state index contributed by atoms with van der Waals surface area (Å²) in [6, 6.07) is 17.1. The molecule has 0 spiro atoms. The van der Waals surface area contributed by atoms with Crippen molar-refractivity contribution in [3.05, 3.63) is 70.8 Å². The summed E-state index contributed by atoms with van der Waals surface area (Å²) in [5.41, 5.74) is 5.04. The lowest BCUT2D eigenvalue weighted by Crippen LogP contribution is -2.38. The third-order valence-corrected chi connectivity index (χ3v) is 5.32. The third kappa shape index (κ3) is 7.98. The second kappa shape index (κ2) is 13.1. The predicted octanol–water partition coefficient (Wildman–Crippen LogP) is 3.31. The molecule has 1 saturated heterocycles. The highest BCUT2D eigenvalue weighted by Gasteiger charge is 2.12. The number of hydrogen-bond acceptors (Lipinski definition) is 4. The Hall–Kier alpha value is -2.41. The average molecular weight is 425 g/mol. The second-order valence-electron chi connectivity index (χ2n) is 7.66. The van der Waals surface area contributed by atoms with Crippen molar-refractivity contribution >= 4 is 5.96 Å². The van der Waals surface area contributed by atoms with Crippen molar-refractivity contribution in [3.8, 4) is 0 Å². The van der Waals surface area contributed by atoms with E-state index in [1.165, 1.54) is 22.3 Å². The molecule has 2 aromatic carbocycles. The molecule has 0 amide bonds. The van der Waals surface area contributed by atoms with E-state index in [4.69, 9.17) is 14.5 Å². The lowest BCUT2D eigenvalue weighted by atomic mass is 10.1. The first kappa shape index (κ1) is 23.3. The Bertz CT molecular complexity index is 801. The van der Waals surface area contributed by atoms with E-state index in [2.05, 4.69) is 71.0 Å². The van der Waals surface area contributed by atoms with Crippen LogP contribution >= 0.6 is 0 Å². The Morgan fingerprint density at radius 1 is 0.968 bits per heavy atom. The summed E-state index contributed by atoms with van der Waals surface area (Å²) in [7, 11) is 0. The van der Waals surface area contributed by atoms with Gasteiger partial charge in [0.2, 0.25) is 0 Å². The van der Waals surface area contributed by atoms with Gasteiger partial charge in [0, 0.05) is 39.3 Å². The molecule has 2 aromatic rings. The van der Waals surface area contributed by atoms with Gasteiger partial charge in [0.05, 0.1) is 26.4 Å². The van der Waals surface area contributed by atoms with Crippen LogP contribution < -0.4 is 10.6 Å². The van der Waals surface area contributed by atoms with E-state index in [9.17, 15) is 0 Å². The van der Waals surface area contributed by atoms with Crippen LogP contribution in [0.2, 0.25) is 0 Å². The highest BCUT2D eigenvalue weighted by Crippen LogP contribution is 2.13. The lowest BCUT2D eigenvalue weighted by molar-refractivity contribution is 0.0341. The molecule has 6 nitrogen and oxygen atoms in total. The van der Waals surface area contributed by atoms with Crippen LogP contribution in [-0.4, -0.2) is 50.3 Å². The number of morpholine rings is 1. The smallest absolute Gasteiger partial charge is 0.191 e. The summed E-state index contributed by atoms with van der Waals surface area (Å²) in [4.78, 5) is 7.23. The number of guanidine groups is 1. The molecule has 1 aliphatic heterocycles. The number of ether oxygens (including phenoxy) is 2. The molecule has 0 bridgehead atoms. The quantitative estimate of drug-likeness (QED) is 0.453. The number of hydrogen-bond donors (Lipinski definition) is 2. The molecule has 0 unspecified atom stereocenters. The van der Waals surface area contributed by atoms with Gasteiger partial charge in [0.25, 0.3) is 0 Å². The van der Waals surface area contributed by atoms with Crippen molar-refractivity contribution in [3.63, 3.8) is 0 Å². The zero-order chi connectivity index (χ0) is 21.7. The van der Waals surface area contributed by atoms with Crippen molar-refractivity contribution < 1.29 is 9.47 Å². The molecule has 1 heterocycles. The van der Waals surface area contributed by atoms with Gasteiger partial charge in [-0.2, -0.15) is 0 Å². The van der Waals surface area contributed by atoms with Crippen molar-refractivity contribution in [1.29, 1.82) is 0 Å². The van der Waals surface area contributed by atoms with Crippen molar-refractivity contribution in [2.45, 2.75) is 40.1 Å². The summed E-state index contributed by atoms with van der Waals surface area (Å²) < 4.78 is 10.9. The molecule has 0 radical (unpaired) electrons. The highest BCUT2D eigenvalue weighted by atomic mass is 16.5. The molecule has 31 heavy (non-hydrogen) atoms. The van der Waals surface area contributed by atoms with E-state index in [1.807, 2.05) is 6.92 Å². The van der Waals surface area contributed by atoms with Gasteiger partial charge in [-0.25, -0.2) is 4.99 Å². The van der Waals surface area contributed by atoms with E-state index in [-0.39, 0.29) is 0 Å². The van der Waals surface area contributed by atoms with Crippen LogP contribution in [0.1, 0.15) is 36.1 Å². The number of nitrogens with zero attached hydrogens (tertiary/aromatic N) is 2. The first-order chi connectivity index (χ1) is 15.3. The predicted molar refractivity (Wildman–Crippen MR) is 126 cm³/mol. The molecule has 3 rings (SSSR count). The Morgan fingerprint density at radius 3 is 2.39 bits per heavy atom. The third-order valence-electron chi connectivity index (χ3n) is 5.32. The molecule has 1 aliphatic rings. The van der Waals surface area contributed by atoms with E-state index in [0.29, 0.717) is 13.2 Å². The summed E-state index contributed by atoms with van der Waals surface area (Å²) in [6.45, 7) is 12.3. The van der Waals surface area contributed by atoms with Gasteiger partial charge in [-0.1, -0.05) is 48.5 Å². The van der Waals surface area contributed by atoms with E-state index < -0.39 is 0 Å². The first-order valence-electron chi connectivity index (χ1n) is 11.3. The lowest BCUT2D eigenvalue weighted by Gasteiger charge is -2.27. The first-order valence-corrected chi connectivity index (χ1v) is 11.3. The van der Waals surface area contributed by atoms with E-state index >= 15 is 0 Å². The second-order valence-corrected chi connectivity index (χ2v) is 7.66. The van der Waals surface area contributed by atoms with Crippen LogP contribution in [0.5, 0.6) is 0 Å². The molecule has 0 aromatic heterocycles. The summed E-state index contributed by atoms with van der Waals surface area (Å²) in [5.74, 6) is 0.835. The van der Waals surface area contributed by atoms with Crippen LogP contribution in [-0.2, 0) is 35.7 Å². The van der Waals surface area contributed by atoms with Gasteiger partial charge in [0.15, 0.2) is 5.96 Å². The Labute approximate surface area is 186 Å². The number of aliphatic imine (C=N–C) groups is 1. The monoisotopic (exact) mass is 424 g/mol. The molecule has 6 heteroatoms. The summed E-state index contributed by atoms with van der Waals surface area (Å²) in [5, 5.41) is 6.86. The minimum atomic E-state index is 0.639. The molecular formula is C25H36N4O2. The van der Waals surface area contributed by atoms with Gasteiger partial charge >= 0.3 is 0 Å². The van der Waals surface area contributed by atoms with Crippen LogP contribution in [0.3, 0.4) is 0 Å². The molecule has 168 valence electrons. The van der Waals surface area contributed by atoms with Crippen LogP contribution in [0.25, 0.3) is 0 Å². The normalized spacial score (nSPS) is 15.1. The number of rotatable bonds is 10. The maximum atomic E-state index is 5.48. The fraction of sp³-hybridized carbons (Fsp3) is 0.480. The van der Waals surface area contributed by atoms with E-state index in [0.717, 1.165) is 58.5 Å². The van der Waals surface area contributed by atoms with Gasteiger partial charge < -0.3 is 20.1 Å². The molecule has 0 saturated carbocycles. The molecule has 2 N–H and O–H groups in total. The van der Waals surface area contributed by atoms with Crippen molar-refractivity contribution in [1.82, 2.24) is 15.5 Å². The van der Waals surface area contributed by atoms with Crippen molar-refractivity contribution in [2.24, 2.45) is 4.99 Å². The van der Waals surface area contributed by atoms with Gasteiger partial charge in [0.1, 0.15) is 0 Å². The molecule has 0 aliphatic carbocycles. The minimum Gasteiger partial charge on any atom is -0.379 e. The number of benzene rings is 2. The number of nitrogens with one attached hydrogen (secondary N) is 2. The maximum absolute atomic E-state index is 5.48. The summed E-state index contributed by atoms with van der Waals surface area (Å²) >= 11 is 0. The Balaban J connectivity index is 1.57. The highest BCUT2D eigenvalue weighted by molar-refractivity contribution is 5.79. The summed E-state index contributed by atoms with van der Waals surface area (Å²) in [6.07, 6.45) is 0. The van der Waals surface area contributed by atoms with Gasteiger partial charge in [-0.05, 0) is 36.1 Å². The zero-order valence-electron chi connectivity index (χ0n) is 18.9. The Morgan fingerprint density at radius 2 is 1.68 bits per heavy atom. The van der Waals surface area contributed by atoms with Gasteiger partial charge in [-0.3, -0.25) is 4.90 Å². The zero-order valence-corrected chi connectivity index (χ0v) is 18.9. The fourth-order valence-electron chi connectivity index (χ4n) is 3.54. The van der Waals surface area contributed by atoms with Crippen LogP contribution in [0.4, 0.5) is 0 Å². The largest absolute Gasteiger partial charge is 0.379 e. The van der Waals surface area contributed by atoms with Crippen molar-refractivity contribution in [2.75, 3.05) is 39.5 Å². The molecular weight excluding hydrogens is 388 g/mol.